The normalized spacial score (nSPS) is 28.8. The number of hydrogen-bond acceptors (Lipinski definition) is 17. The number of benzene rings is 2. The lowest BCUT2D eigenvalue weighted by molar-refractivity contribution is -0.160. The highest BCUT2D eigenvalue weighted by Gasteiger charge is 2.50. The molecule has 0 radical (unpaired) electrons. The van der Waals surface area contributed by atoms with Gasteiger partial charge in [-0.25, -0.2) is 9.18 Å². The van der Waals surface area contributed by atoms with Gasteiger partial charge in [0.2, 0.25) is 0 Å². The molecule has 10 atom stereocenters. The number of Topliss-reactive ketones (excluding diaryl/α,β-unsaturated/α-hetero) is 1. The van der Waals surface area contributed by atoms with Crippen LogP contribution < -0.4 is 25.9 Å². The molecule has 20 nitrogen and oxygen atoms in total. The molecule has 1 saturated heterocycles. The van der Waals surface area contributed by atoms with Crippen LogP contribution in [-0.2, 0) is 23.8 Å². The third kappa shape index (κ3) is 10.2. The number of fused-ring (bicyclic) bond motifs is 15. The fourth-order valence-corrected chi connectivity index (χ4v) is 11.0. The minimum absolute atomic E-state index is 0.0191. The van der Waals surface area contributed by atoms with Crippen LogP contribution in [0.25, 0.3) is 16.3 Å². The number of hydrogen-bond donors (Lipinski definition) is 8. The van der Waals surface area contributed by atoms with Gasteiger partial charge in [0, 0.05) is 74.2 Å². The van der Waals surface area contributed by atoms with Crippen molar-refractivity contribution in [1.29, 1.82) is 0 Å². The number of anilines is 2. The molecule has 1 saturated carbocycles. The molecular formula is C56H66FN5O15. The van der Waals surface area contributed by atoms with Crippen molar-refractivity contribution in [2.75, 3.05) is 30.4 Å². The molecule has 8 N–H and O–H groups in total. The van der Waals surface area contributed by atoms with E-state index in [0.717, 1.165) is 35.9 Å². The van der Waals surface area contributed by atoms with Gasteiger partial charge in [0.25, 0.3) is 17.2 Å². The van der Waals surface area contributed by atoms with Gasteiger partial charge in [-0.3, -0.25) is 23.6 Å². The average Bonchev–Trinajstić information content (AvgIpc) is 4.19. The van der Waals surface area contributed by atoms with Gasteiger partial charge in [-0.1, -0.05) is 45.9 Å². The van der Waals surface area contributed by atoms with Crippen LogP contribution in [0.1, 0.15) is 117 Å². The molecule has 5 bridgehead atoms. The Morgan fingerprint density at radius 3 is 2.30 bits per heavy atom. The Kier molecular flexibility index (Phi) is 15.6. The lowest BCUT2D eigenvalue weighted by Gasteiger charge is -2.38. The summed E-state index contributed by atoms with van der Waals surface area (Å²) in [5.41, 5.74) is 2.61. The van der Waals surface area contributed by atoms with Crippen molar-refractivity contribution in [3.63, 3.8) is 0 Å². The smallest absolute Gasteiger partial charge is 0.341 e. The molecule has 77 heavy (non-hydrogen) atoms. The number of phenols is 3. The number of nitrogens with zero attached hydrogens (tertiary/aromatic N) is 3. The SMILES string of the molecule is CO[C@H]1/C=C/O[C@@]2(C)Oc3c(C)c(O)c4c(O)c(c(/C=N\N[C@H]5CCN(c6c(F)cn7c(=O)c(C(=O)O)cc(C8CC8)c7c6C)C5)c(O)c4c3C2=O)NC(=O)/C(C)=C\C=C\[C@@H](C)[C@H](O)[C@@H](C)[C@H](O)[C@@H](C)[C@H](OC(C)=O)[C@@H]1C. The number of aryl methyl sites for hydroxylation is 1. The molecule has 412 valence electrons. The molecule has 4 aliphatic heterocycles. The zero-order valence-electron chi connectivity index (χ0n) is 44.5. The molecule has 0 spiro atoms. The van der Waals surface area contributed by atoms with Crippen LogP contribution >= 0.6 is 0 Å². The number of aliphatic hydroxyl groups is 2. The van der Waals surface area contributed by atoms with E-state index in [1.54, 1.807) is 45.6 Å². The number of hydrazone groups is 1. The predicted octanol–water partition coefficient (Wildman–Crippen LogP) is 6.59. The number of methoxy groups -OCH3 is 1. The Balaban J connectivity index is 1.19. The molecule has 2 fully saturated rings. The van der Waals surface area contributed by atoms with E-state index >= 15 is 4.39 Å². The van der Waals surface area contributed by atoms with Crippen LogP contribution in [0.15, 0.2) is 58.3 Å². The zero-order valence-corrected chi connectivity index (χ0v) is 44.5. The number of ketones is 1. The highest BCUT2D eigenvalue weighted by molar-refractivity contribution is 6.24. The van der Waals surface area contributed by atoms with Crippen LogP contribution in [0.5, 0.6) is 23.0 Å². The zero-order chi connectivity index (χ0) is 56.3. The second-order valence-corrected chi connectivity index (χ2v) is 21.0. The van der Waals surface area contributed by atoms with Gasteiger partial charge in [-0.15, -0.1) is 0 Å². The van der Waals surface area contributed by atoms with Gasteiger partial charge in [-0.2, -0.15) is 5.10 Å². The van der Waals surface area contributed by atoms with Crippen molar-refractivity contribution in [1.82, 2.24) is 9.83 Å². The summed E-state index contributed by atoms with van der Waals surface area (Å²) in [6.45, 7) is 14.5. The summed E-state index contributed by atoms with van der Waals surface area (Å²) in [7, 11) is 1.41. The van der Waals surface area contributed by atoms with Gasteiger partial charge in [0.15, 0.2) is 11.6 Å². The van der Waals surface area contributed by atoms with Gasteiger partial charge < -0.3 is 65.2 Å². The number of pyridine rings is 2. The van der Waals surface area contributed by atoms with Gasteiger partial charge in [0.05, 0.1) is 76.4 Å². The number of esters is 1. The van der Waals surface area contributed by atoms with E-state index in [0.29, 0.717) is 29.6 Å². The summed E-state index contributed by atoms with van der Waals surface area (Å²) >= 11 is 0. The highest BCUT2D eigenvalue weighted by Crippen LogP contribution is 2.55. The number of aromatic nitrogens is 1. The van der Waals surface area contributed by atoms with Gasteiger partial charge in [-0.05, 0) is 69.2 Å². The summed E-state index contributed by atoms with van der Waals surface area (Å²) in [5.74, 6) is -11.4. The Hall–Kier alpha value is -7.49. The number of aromatic carboxylic acids is 1. The number of carbonyl (C=O) groups is 4. The second kappa shape index (κ2) is 21.5. The Labute approximate surface area is 443 Å². The minimum Gasteiger partial charge on any atom is -0.507 e. The van der Waals surface area contributed by atoms with Crippen molar-refractivity contribution in [2.45, 2.75) is 124 Å². The molecular weight excluding hydrogens is 1000 g/mol. The standard InChI is InChI=1S/C56H66FN5O15/c1-24-12-11-13-25(2)53(70)59-42-36(21-58-60-33-16-18-61(22-33)44-27(4)43-34(32-14-15-32)20-35(55(72)73)54(71)62(43)23-37(44)57)48(67)39-40(49(42)68)47(66)30(7)51-41(39)52(69)56(9,77-51)75-19-17-38(74-10)26(3)50(76-31(8)63)29(6)46(65)28(5)45(24)64/h11-13,17,19-21,23-24,26,28-29,32-33,38,45-46,50,60,64-68H,14-16,18,22H2,1-10H3,(H,59,70)(H,72,73)/b12-11+,19-17+,25-13-,58-21-/t24-,26-,28-,29-,33+,38+,45+,46+,50-,56+/m1/s1. The van der Waals surface area contributed by atoms with E-state index in [9.17, 15) is 54.6 Å². The van der Waals surface area contributed by atoms with E-state index in [1.165, 1.54) is 59.1 Å². The molecule has 21 heteroatoms. The number of aromatic hydroxyl groups is 3. The van der Waals surface area contributed by atoms with Crippen molar-refractivity contribution < 1.29 is 73.2 Å². The third-order valence-corrected chi connectivity index (χ3v) is 15.7. The highest BCUT2D eigenvalue weighted by atomic mass is 19.1. The lowest BCUT2D eigenvalue weighted by atomic mass is 9.78. The van der Waals surface area contributed by atoms with Crippen LogP contribution in [0.4, 0.5) is 15.8 Å². The van der Waals surface area contributed by atoms with Crippen molar-refractivity contribution in [3.8, 4) is 23.0 Å². The first-order valence-corrected chi connectivity index (χ1v) is 25.6. The van der Waals surface area contributed by atoms with E-state index in [-0.39, 0.29) is 51.5 Å². The molecule has 9 rings (SSSR count). The number of carboxylic acid groups (broad SMARTS) is 1. The molecule has 4 aromatic rings. The Morgan fingerprint density at radius 1 is 0.948 bits per heavy atom. The van der Waals surface area contributed by atoms with Crippen LogP contribution in [-0.4, -0.2) is 121 Å². The fourth-order valence-electron chi connectivity index (χ4n) is 11.0. The van der Waals surface area contributed by atoms with E-state index in [2.05, 4.69) is 15.8 Å². The first-order valence-electron chi connectivity index (χ1n) is 25.6. The first kappa shape index (κ1) is 55.7. The number of halogens is 1. The molecule has 6 heterocycles. The number of ether oxygens (including phenoxy) is 4. The van der Waals surface area contributed by atoms with E-state index in [1.807, 2.05) is 0 Å². The fraction of sp³-hybridized carbons (Fsp3) is 0.464. The number of carbonyl (C=O) groups excluding carboxylic acids is 3. The Bertz CT molecular complexity index is 3270. The molecule has 1 amide bonds. The third-order valence-electron chi connectivity index (χ3n) is 15.7. The monoisotopic (exact) mass is 1070 g/mol. The Morgan fingerprint density at radius 2 is 1.65 bits per heavy atom. The second-order valence-electron chi connectivity index (χ2n) is 21.0. The number of carboxylic acids is 1. The van der Waals surface area contributed by atoms with Crippen molar-refractivity contribution in [2.24, 2.45) is 28.8 Å². The van der Waals surface area contributed by atoms with Crippen LogP contribution in [0.3, 0.4) is 0 Å². The van der Waals surface area contributed by atoms with Gasteiger partial charge >= 0.3 is 17.7 Å². The molecule has 5 aliphatic rings. The summed E-state index contributed by atoms with van der Waals surface area (Å²) in [6, 6.07) is 0.931. The largest absolute Gasteiger partial charge is 0.507 e. The number of aliphatic hydroxyl groups excluding tert-OH is 2. The molecule has 2 aromatic heterocycles. The number of allylic oxidation sites excluding steroid dienone is 2. The first-order chi connectivity index (χ1) is 36.3. The van der Waals surface area contributed by atoms with Crippen molar-refractivity contribution >= 4 is 57.5 Å². The van der Waals surface area contributed by atoms with Crippen LogP contribution in [0.2, 0.25) is 0 Å². The maximum Gasteiger partial charge on any atom is 0.341 e. The summed E-state index contributed by atoms with van der Waals surface area (Å²) in [4.78, 5) is 68.2. The molecule has 0 unspecified atom stereocenters. The number of nitrogens with one attached hydrogen (secondary N) is 2. The van der Waals surface area contributed by atoms with E-state index < -0.39 is 129 Å². The maximum atomic E-state index is 16.1. The molecule has 1 aliphatic carbocycles. The molecule has 2 aromatic carbocycles. The van der Waals surface area contributed by atoms with E-state index in [4.69, 9.17) is 18.9 Å². The van der Waals surface area contributed by atoms with Gasteiger partial charge in [0.1, 0.15) is 28.9 Å². The number of amides is 1. The number of rotatable bonds is 8. The van der Waals surface area contributed by atoms with Crippen molar-refractivity contribution in [3.05, 3.63) is 98.0 Å². The summed E-state index contributed by atoms with van der Waals surface area (Å²) in [5, 5.41) is 75.4. The maximum absolute atomic E-state index is 16.1. The lowest BCUT2D eigenvalue weighted by Crippen LogP contribution is -2.46. The summed E-state index contributed by atoms with van der Waals surface area (Å²) < 4.78 is 40.9. The predicted molar refractivity (Wildman–Crippen MR) is 282 cm³/mol. The minimum atomic E-state index is -2.14. The average molecular weight is 1070 g/mol. The summed E-state index contributed by atoms with van der Waals surface area (Å²) in [6.07, 6.45) is 7.26. The quantitative estimate of drug-likeness (QED) is 0.0303. The number of phenolic OH excluding ortho intramolecular Hbond substituents is 3. The van der Waals surface area contributed by atoms with Crippen LogP contribution in [0, 0.1) is 43.3 Å². The topological polar surface area (TPSA) is 288 Å².